The minimum atomic E-state index is -0.398. The second kappa shape index (κ2) is 5.37. The van der Waals surface area contributed by atoms with Gasteiger partial charge in [-0.25, -0.2) is 0 Å². The first-order chi connectivity index (χ1) is 7.75. The Balaban J connectivity index is 1.85. The Bertz CT molecular complexity index is 355. The number of aliphatic hydroxyl groups excluding tert-OH is 1. The van der Waals surface area contributed by atoms with Crippen molar-refractivity contribution in [2.75, 3.05) is 11.5 Å². The van der Waals surface area contributed by atoms with Crippen LogP contribution in [0.3, 0.4) is 0 Å². The molecule has 0 radical (unpaired) electrons. The van der Waals surface area contributed by atoms with Crippen molar-refractivity contribution in [1.29, 1.82) is 0 Å². The van der Waals surface area contributed by atoms with Gasteiger partial charge in [0.1, 0.15) is 0 Å². The van der Waals surface area contributed by atoms with Crippen LogP contribution in [-0.2, 0) is 11.2 Å². The highest BCUT2D eigenvalue weighted by atomic mass is 32.2. The molecule has 1 aromatic carbocycles. The summed E-state index contributed by atoms with van der Waals surface area (Å²) >= 11 is 1.67. The normalized spacial score (nSPS) is 24.3. The summed E-state index contributed by atoms with van der Waals surface area (Å²) in [6.07, 6.45) is -0.0147. The van der Waals surface area contributed by atoms with E-state index in [0.717, 1.165) is 17.1 Å². The number of amides is 1. The van der Waals surface area contributed by atoms with Crippen molar-refractivity contribution >= 4 is 17.7 Å². The van der Waals surface area contributed by atoms with Crippen molar-refractivity contribution < 1.29 is 9.90 Å². The Morgan fingerprint density at radius 2 is 2.12 bits per heavy atom. The van der Waals surface area contributed by atoms with Crippen LogP contribution in [0.15, 0.2) is 30.3 Å². The van der Waals surface area contributed by atoms with Crippen LogP contribution < -0.4 is 5.32 Å². The SMILES string of the molecule is O=C(Cc1ccccc1)NC1CSCC1O. The van der Waals surface area contributed by atoms with Crippen molar-refractivity contribution in [3.8, 4) is 0 Å². The van der Waals surface area contributed by atoms with E-state index in [-0.39, 0.29) is 11.9 Å². The summed E-state index contributed by atoms with van der Waals surface area (Å²) in [7, 11) is 0. The Labute approximate surface area is 99.2 Å². The lowest BCUT2D eigenvalue weighted by Gasteiger charge is -2.15. The average Bonchev–Trinajstić information content (AvgIpc) is 2.66. The average molecular weight is 237 g/mol. The lowest BCUT2D eigenvalue weighted by atomic mass is 10.1. The van der Waals surface area contributed by atoms with Gasteiger partial charge in [-0.1, -0.05) is 30.3 Å². The molecule has 1 aliphatic rings. The zero-order chi connectivity index (χ0) is 11.4. The Kier molecular flexibility index (Phi) is 3.85. The maximum atomic E-state index is 11.7. The summed E-state index contributed by atoms with van der Waals surface area (Å²) in [5.41, 5.74) is 1.00. The van der Waals surface area contributed by atoms with Gasteiger partial charge < -0.3 is 10.4 Å². The molecule has 3 nitrogen and oxygen atoms in total. The molecule has 2 atom stereocenters. The molecule has 4 heteroatoms. The first-order valence-electron chi connectivity index (χ1n) is 5.35. The van der Waals surface area contributed by atoms with Crippen LogP contribution in [0.2, 0.25) is 0 Å². The van der Waals surface area contributed by atoms with Crippen molar-refractivity contribution in [3.63, 3.8) is 0 Å². The van der Waals surface area contributed by atoms with Gasteiger partial charge in [-0.2, -0.15) is 11.8 Å². The van der Waals surface area contributed by atoms with E-state index in [1.165, 1.54) is 0 Å². The number of benzene rings is 1. The van der Waals surface area contributed by atoms with Crippen LogP contribution in [0, 0.1) is 0 Å². The molecule has 1 aromatic rings. The molecule has 0 saturated carbocycles. The zero-order valence-corrected chi connectivity index (χ0v) is 9.74. The lowest BCUT2D eigenvalue weighted by molar-refractivity contribution is -0.121. The molecular weight excluding hydrogens is 222 g/mol. The quantitative estimate of drug-likeness (QED) is 0.818. The monoisotopic (exact) mass is 237 g/mol. The van der Waals surface area contributed by atoms with E-state index in [9.17, 15) is 9.90 Å². The summed E-state index contributed by atoms with van der Waals surface area (Å²) in [4.78, 5) is 11.7. The largest absolute Gasteiger partial charge is 0.390 e. The summed E-state index contributed by atoms with van der Waals surface area (Å²) in [6.45, 7) is 0. The van der Waals surface area contributed by atoms with Crippen LogP contribution in [0.4, 0.5) is 0 Å². The number of thioether (sulfide) groups is 1. The Hall–Kier alpha value is -1.00. The molecule has 1 aliphatic heterocycles. The molecule has 1 saturated heterocycles. The van der Waals surface area contributed by atoms with Gasteiger partial charge >= 0.3 is 0 Å². The highest BCUT2D eigenvalue weighted by molar-refractivity contribution is 7.99. The third-order valence-electron chi connectivity index (χ3n) is 2.60. The van der Waals surface area contributed by atoms with Gasteiger partial charge in [0, 0.05) is 11.5 Å². The van der Waals surface area contributed by atoms with Gasteiger partial charge in [0.05, 0.1) is 18.6 Å². The second-order valence-electron chi connectivity index (χ2n) is 3.94. The molecule has 0 bridgehead atoms. The fourth-order valence-corrected chi connectivity index (χ4v) is 2.89. The first-order valence-corrected chi connectivity index (χ1v) is 6.50. The van der Waals surface area contributed by atoms with Crippen molar-refractivity contribution in [2.45, 2.75) is 18.6 Å². The van der Waals surface area contributed by atoms with Gasteiger partial charge in [-0.05, 0) is 5.56 Å². The van der Waals surface area contributed by atoms with E-state index in [4.69, 9.17) is 0 Å². The standard InChI is InChI=1S/C12H15NO2S/c14-11-8-16-7-10(11)13-12(15)6-9-4-2-1-3-5-9/h1-5,10-11,14H,6-8H2,(H,13,15). The fourth-order valence-electron chi connectivity index (χ4n) is 1.72. The highest BCUT2D eigenvalue weighted by Gasteiger charge is 2.26. The number of carbonyl (C=O) groups excluding carboxylic acids is 1. The summed E-state index contributed by atoms with van der Waals surface area (Å²) in [5, 5.41) is 12.4. The molecule has 2 unspecified atom stereocenters. The zero-order valence-electron chi connectivity index (χ0n) is 8.93. The minimum absolute atomic E-state index is 0.0160. The van der Waals surface area contributed by atoms with E-state index in [1.54, 1.807) is 11.8 Å². The number of aliphatic hydroxyl groups is 1. The highest BCUT2D eigenvalue weighted by Crippen LogP contribution is 2.18. The Morgan fingerprint density at radius 3 is 2.75 bits per heavy atom. The molecule has 1 heterocycles. The molecule has 0 aliphatic carbocycles. The van der Waals surface area contributed by atoms with Crippen LogP contribution >= 0.6 is 11.8 Å². The third kappa shape index (κ3) is 3.00. The number of carbonyl (C=O) groups is 1. The van der Waals surface area contributed by atoms with Crippen LogP contribution in [-0.4, -0.2) is 34.7 Å². The molecular formula is C12H15NO2S. The smallest absolute Gasteiger partial charge is 0.224 e. The van der Waals surface area contributed by atoms with Gasteiger partial charge in [0.15, 0.2) is 0 Å². The van der Waals surface area contributed by atoms with E-state index in [0.29, 0.717) is 6.42 Å². The first kappa shape index (κ1) is 11.5. The van der Waals surface area contributed by atoms with Crippen LogP contribution in [0.5, 0.6) is 0 Å². The van der Waals surface area contributed by atoms with Crippen molar-refractivity contribution in [3.05, 3.63) is 35.9 Å². The maximum absolute atomic E-state index is 11.7. The van der Waals surface area contributed by atoms with Crippen LogP contribution in [0.1, 0.15) is 5.56 Å². The number of nitrogens with one attached hydrogen (secondary N) is 1. The van der Waals surface area contributed by atoms with E-state index in [1.807, 2.05) is 30.3 Å². The van der Waals surface area contributed by atoms with E-state index < -0.39 is 6.10 Å². The lowest BCUT2D eigenvalue weighted by Crippen LogP contribution is -2.43. The van der Waals surface area contributed by atoms with E-state index >= 15 is 0 Å². The Morgan fingerprint density at radius 1 is 1.38 bits per heavy atom. The molecule has 0 aromatic heterocycles. The topological polar surface area (TPSA) is 49.3 Å². The minimum Gasteiger partial charge on any atom is -0.390 e. The predicted octanol–water partition coefficient (Wildman–Crippen LogP) is 0.822. The fraction of sp³-hybridized carbons (Fsp3) is 0.417. The van der Waals surface area contributed by atoms with Crippen molar-refractivity contribution in [1.82, 2.24) is 5.32 Å². The molecule has 0 spiro atoms. The summed E-state index contributed by atoms with van der Waals surface area (Å²) in [6, 6.07) is 9.55. The molecule has 86 valence electrons. The van der Waals surface area contributed by atoms with E-state index in [2.05, 4.69) is 5.32 Å². The molecule has 16 heavy (non-hydrogen) atoms. The van der Waals surface area contributed by atoms with Crippen molar-refractivity contribution in [2.24, 2.45) is 0 Å². The molecule has 2 rings (SSSR count). The summed E-state index contributed by atoms with van der Waals surface area (Å²) in [5.74, 6) is 1.51. The van der Waals surface area contributed by atoms with Gasteiger partial charge in [-0.3, -0.25) is 4.79 Å². The van der Waals surface area contributed by atoms with Crippen LogP contribution in [0.25, 0.3) is 0 Å². The molecule has 1 fully saturated rings. The predicted molar refractivity (Wildman–Crippen MR) is 65.4 cm³/mol. The van der Waals surface area contributed by atoms with Gasteiger partial charge in [0.25, 0.3) is 0 Å². The maximum Gasteiger partial charge on any atom is 0.224 e. The molecule has 2 N–H and O–H groups in total. The number of hydrogen-bond donors (Lipinski definition) is 2. The van der Waals surface area contributed by atoms with Gasteiger partial charge in [0.2, 0.25) is 5.91 Å². The second-order valence-corrected chi connectivity index (χ2v) is 5.02. The van der Waals surface area contributed by atoms with Gasteiger partial charge in [-0.15, -0.1) is 0 Å². The summed E-state index contributed by atoms with van der Waals surface area (Å²) < 4.78 is 0. The number of hydrogen-bond acceptors (Lipinski definition) is 3. The number of rotatable bonds is 3. The third-order valence-corrected chi connectivity index (χ3v) is 3.78. The molecule has 1 amide bonds.